The SMILES string of the molecule is Cc1ccc(CNc2ccsc2)cc1C. The van der Waals surface area contributed by atoms with Crippen molar-refractivity contribution in [2.24, 2.45) is 0 Å². The van der Waals surface area contributed by atoms with Gasteiger partial charge in [0.2, 0.25) is 0 Å². The lowest BCUT2D eigenvalue weighted by atomic mass is 10.1. The van der Waals surface area contributed by atoms with Gasteiger partial charge < -0.3 is 5.32 Å². The fourth-order valence-electron chi connectivity index (χ4n) is 1.48. The van der Waals surface area contributed by atoms with E-state index in [0.29, 0.717) is 0 Å². The van der Waals surface area contributed by atoms with Crippen molar-refractivity contribution in [3.8, 4) is 0 Å². The van der Waals surface area contributed by atoms with E-state index in [4.69, 9.17) is 0 Å². The molecule has 15 heavy (non-hydrogen) atoms. The van der Waals surface area contributed by atoms with Gasteiger partial charge in [-0.25, -0.2) is 0 Å². The van der Waals surface area contributed by atoms with Crippen LogP contribution in [-0.2, 0) is 6.54 Å². The van der Waals surface area contributed by atoms with E-state index in [1.165, 1.54) is 22.4 Å². The van der Waals surface area contributed by atoms with Crippen LogP contribution in [0, 0.1) is 13.8 Å². The number of rotatable bonds is 3. The molecule has 1 aromatic heterocycles. The van der Waals surface area contributed by atoms with Crippen LogP contribution in [0.4, 0.5) is 5.69 Å². The summed E-state index contributed by atoms with van der Waals surface area (Å²) < 4.78 is 0. The van der Waals surface area contributed by atoms with Crippen LogP contribution >= 0.6 is 11.3 Å². The van der Waals surface area contributed by atoms with Crippen LogP contribution in [0.25, 0.3) is 0 Å². The Kier molecular flexibility index (Phi) is 3.07. The van der Waals surface area contributed by atoms with Crippen molar-refractivity contribution in [3.05, 3.63) is 51.7 Å². The predicted molar refractivity (Wildman–Crippen MR) is 67.6 cm³/mol. The van der Waals surface area contributed by atoms with Gasteiger partial charge in [0.25, 0.3) is 0 Å². The van der Waals surface area contributed by atoms with Crippen molar-refractivity contribution >= 4 is 17.0 Å². The Morgan fingerprint density at radius 3 is 2.67 bits per heavy atom. The summed E-state index contributed by atoms with van der Waals surface area (Å²) in [5, 5.41) is 7.61. The number of hydrogen-bond acceptors (Lipinski definition) is 2. The van der Waals surface area contributed by atoms with Gasteiger partial charge in [-0.3, -0.25) is 0 Å². The van der Waals surface area contributed by atoms with Crippen LogP contribution in [-0.4, -0.2) is 0 Å². The highest BCUT2D eigenvalue weighted by molar-refractivity contribution is 7.08. The molecule has 0 aliphatic heterocycles. The zero-order valence-corrected chi connectivity index (χ0v) is 9.90. The molecule has 78 valence electrons. The van der Waals surface area contributed by atoms with E-state index in [1.807, 2.05) is 0 Å². The molecule has 0 saturated heterocycles. The molecule has 0 aliphatic carbocycles. The molecule has 0 unspecified atom stereocenters. The molecule has 1 heterocycles. The van der Waals surface area contributed by atoms with Crippen molar-refractivity contribution < 1.29 is 0 Å². The van der Waals surface area contributed by atoms with Crippen LogP contribution in [0.3, 0.4) is 0 Å². The summed E-state index contributed by atoms with van der Waals surface area (Å²) in [5.74, 6) is 0. The molecule has 1 N–H and O–H groups in total. The van der Waals surface area contributed by atoms with Gasteiger partial charge in [-0.2, -0.15) is 11.3 Å². The van der Waals surface area contributed by atoms with E-state index in [0.717, 1.165) is 6.54 Å². The maximum absolute atomic E-state index is 3.40. The molecule has 0 bridgehead atoms. The van der Waals surface area contributed by atoms with E-state index in [9.17, 15) is 0 Å². The lowest BCUT2D eigenvalue weighted by molar-refractivity contribution is 1.13. The first-order valence-corrected chi connectivity index (χ1v) is 6.02. The number of thiophene rings is 1. The number of hydrogen-bond donors (Lipinski definition) is 1. The minimum atomic E-state index is 0.901. The number of aryl methyl sites for hydroxylation is 2. The van der Waals surface area contributed by atoms with Crippen molar-refractivity contribution in [3.63, 3.8) is 0 Å². The number of benzene rings is 1. The smallest absolute Gasteiger partial charge is 0.0451 e. The van der Waals surface area contributed by atoms with Crippen LogP contribution in [0.1, 0.15) is 16.7 Å². The highest BCUT2D eigenvalue weighted by Gasteiger charge is 1.96. The van der Waals surface area contributed by atoms with Crippen molar-refractivity contribution in [2.45, 2.75) is 20.4 Å². The summed E-state index contributed by atoms with van der Waals surface area (Å²) in [6, 6.07) is 8.71. The maximum atomic E-state index is 3.40. The first kappa shape index (κ1) is 10.2. The molecule has 0 fully saturated rings. The van der Waals surface area contributed by atoms with E-state index in [1.54, 1.807) is 11.3 Å². The van der Waals surface area contributed by atoms with Gasteiger partial charge in [-0.15, -0.1) is 0 Å². The third kappa shape index (κ3) is 2.60. The summed E-state index contributed by atoms with van der Waals surface area (Å²) in [6.07, 6.45) is 0. The molecule has 0 amide bonds. The normalized spacial score (nSPS) is 10.3. The Balaban J connectivity index is 2.02. The monoisotopic (exact) mass is 217 g/mol. The molecule has 0 spiro atoms. The molecule has 2 rings (SSSR count). The molecule has 0 radical (unpaired) electrons. The first-order valence-electron chi connectivity index (χ1n) is 5.08. The highest BCUT2D eigenvalue weighted by atomic mass is 32.1. The predicted octanol–water partition coefficient (Wildman–Crippen LogP) is 3.98. The molecule has 0 saturated carbocycles. The van der Waals surface area contributed by atoms with Crippen molar-refractivity contribution in [2.75, 3.05) is 5.32 Å². The Bertz CT molecular complexity index is 432. The zero-order chi connectivity index (χ0) is 10.7. The van der Waals surface area contributed by atoms with Gasteiger partial charge in [0.15, 0.2) is 0 Å². The van der Waals surface area contributed by atoms with E-state index >= 15 is 0 Å². The average molecular weight is 217 g/mol. The third-order valence-electron chi connectivity index (χ3n) is 2.59. The van der Waals surface area contributed by atoms with Gasteiger partial charge in [0.1, 0.15) is 0 Å². The van der Waals surface area contributed by atoms with Crippen molar-refractivity contribution in [1.29, 1.82) is 0 Å². The third-order valence-corrected chi connectivity index (χ3v) is 3.27. The van der Waals surface area contributed by atoms with E-state index in [2.05, 4.69) is 54.2 Å². The minimum absolute atomic E-state index is 0.901. The molecular weight excluding hydrogens is 202 g/mol. The van der Waals surface area contributed by atoms with E-state index < -0.39 is 0 Å². The summed E-state index contributed by atoms with van der Waals surface area (Å²) in [5.41, 5.74) is 5.26. The number of anilines is 1. The quantitative estimate of drug-likeness (QED) is 0.820. The second kappa shape index (κ2) is 4.49. The lowest BCUT2D eigenvalue weighted by Crippen LogP contribution is -1.98. The van der Waals surface area contributed by atoms with Crippen LogP contribution < -0.4 is 5.32 Å². The highest BCUT2D eigenvalue weighted by Crippen LogP contribution is 2.15. The molecule has 0 atom stereocenters. The average Bonchev–Trinajstić information content (AvgIpc) is 2.73. The molecule has 2 aromatic rings. The molecule has 2 heteroatoms. The number of nitrogens with one attached hydrogen (secondary N) is 1. The molecule has 1 aromatic carbocycles. The van der Waals surface area contributed by atoms with Gasteiger partial charge in [-0.1, -0.05) is 18.2 Å². The molecule has 1 nitrogen and oxygen atoms in total. The Morgan fingerprint density at radius 2 is 2.00 bits per heavy atom. The topological polar surface area (TPSA) is 12.0 Å². The molecular formula is C13H15NS. The second-order valence-corrected chi connectivity index (χ2v) is 4.56. The summed E-state index contributed by atoms with van der Waals surface area (Å²) in [4.78, 5) is 0. The summed E-state index contributed by atoms with van der Waals surface area (Å²) >= 11 is 1.72. The van der Waals surface area contributed by atoms with Crippen LogP contribution in [0.5, 0.6) is 0 Å². The fourth-order valence-corrected chi connectivity index (χ4v) is 2.09. The van der Waals surface area contributed by atoms with Gasteiger partial charge in [0, 0.05) is 17.6 Å². The van der Waals surface area contributed by atoms with E-state index in [-0.39, 0.29) is 0 Å². The Morgan fingerprint density at radius 1 is 1.13 bits per heavy atom. The molecule has 0 aliphatic rings. The van der Waals surface area contributed by atoms with Gasteiger partial charge in [0.05, 0.1) is 0 Å². The minimum Gasteiger partial charge on any atom is -0.380 e. The Hall–Kier alpha value is -1.28. The zero-order valence-electron chi connectivity index (χ0n) is 9.08. The van der Waals surface area contributed by atoms with Crippen LogP contribution in [0.2, 0.25) is 0 Å². The first-order chi connectivity index (χ1) is 7.25. The maximum Gasteiger partial charge on any atom is 0.0451 e. The van der Waals surface area contributed by atoms with Gasteiger partial charge in [-0.05, 0) is 42.0 Å². The van der Waals surface area contributed by atoms with Gasteiger partial charge >= 0.3 is 0 Å². The lowest BCUT2D eigenvalue weighted by Gasteiger charge is -2.06. The summed E-state index contributed by atoms with van der Waals surface area (Å²) in [6.45, 7) is 5.20. The van der Waals surface area contributed by atoms with Crippen molar-refractivity contribution in [1.82, 2.24) is 0 Å². The second-order valence-electron chi connectivity index (χ2n) is 3.78. The van der Waals surface area contributed by atoms with Crippen LogP contribution in [0.15, 0.2) is 35.0 Å². The standard InChI is InChI=1S/C13H15NS/c1-10-3-4-12(7-11(10)2)8-14-13-5-6-15-9-13/h3-7,9,14H,8H2,1-2H3. The summed E-state index contributed by atoms with van der Waals surface area (Å²) in [7, 11) is 0. The fraction of sp³-hybridized carbons (Fsp3) is 0.231. The largest absolute Gasteiger partial charge is 0.380 e. The Labute approximate surface area is 94.8 Å².